The zero-order valence-electron chi connectivity index (χ0n) is 17.4. The van der Waals surface area contributed by atoms with Gasteiger partial charge in [0.1, 0.15) is 7.85 Å². The van der Waals surface area contributed by atoms with Crippen molar-refractivity contribution < 1.29 is 16.8 Å². The minimum atomic E-state index is -4.23. The predicted octanol–water partition coefficient (Wildman–Crippen LogP) is 3.09. The highest BCUT2D eigenvalue weighted by atomic mass is 32.3. The molecule has 0 N–H and O–H groups in total. The van der Waals surface area contributed by atoms with Gasteiger partial charge in [-0.3, -0.25) is 0 Å². The molecule has 32 heavy (non-hydrogen) atoms. The van der Waals surface area contributed by atoms with Crippen LogP contribution in [0.3, 0.4) is 0 Å². The molecule has 4 aromatic rings. The number of pyridine rings is 1. The first-order valence-electron chi connectivity index (χ1n) is 9.62. The second kappa shape index (κ2) is 8.07. The van der Waals surface area contributed by atoms with Crippen molar-refractivity contribution in [2.45, 2.75) is 0 Å². The molecule has 6 nitrogen and oxygen atoms in total. The van der Waals surface area contributed by atoms with Crippen molar-refractivity contribution in [3.63, 3.8) is 0 Å². The van der Waals surface area contributed by atoms with E-state index in [4.69, 9.17) is 12.8 Å². The Kier molecular flexibility index (Phi) is 5.56. The number of hydrogen-bond acceptors (Lipinski definition) is 5. The van der Waals surface area contributed by atoms with Gasteiger partial charge in [-0.15, -0.1) is 0 Å². The Hall–Kier alpha value is -3.17. The Bertz CT molecular complexity index is 1490. The minimum absolute atomic E-state index is 0.00245. The van der Waals surface area contributed by atoms with Crippen molar-refractivity contribution in [1.29, 1.82) is 0 Å². The van der Waals surface area contributed by atoms with Gasteiger partial charge in [0.2, 0.25) is 20.0 Å². The Morgan fingerprint density at radius 3 is 1.81 bits per heavy atom. The van der Waals surface area contributed by atoms with Crippen LogP contribution in [0.1, 0.15) is 0 Å². The molecule has 1 heterocycles. The Morgan fingerprint density at radius 1 is 0.750 bits per heavy atom. The number of nitrogens with zero attached hydrogens (tertiary/aromatic N) is 2. The molecule has 3 aromatic carbocycles. The quantitative estimate of drug-likeness (QED) is 0.426. The van der Waals surface area contributed by atoms with E-state index in [0.717, 1.165) is 12.5 Å². The summed E-state index contributed by atoms with van der Waals surface area (Å²) in [6.45, 7) is 0. The smallest absolute Gasteiger partial charge is 0.245 e. The molecule has 4 rings (SSSR count). The average Bonchev–Trinajstić information content (AvgIpc) is 2.73. The first kappa shape index (κ1) is 22.0. The molecular weight excluding hydrogens is 443 g/mol. The van der Waals surface area contributed by atoms with Crippen LogP contribution in [0.25, 0.3) is 33.3 Å². The molecule has 0 spiro atoms. The number of hydrogen-bond donors (Lipinski definition) is 0. The lowest BCUT2D eigenvalue weighted by molar-refractivity contribution is 0.591. The number of aromatic nitrogens is 1. The van der Waals surface area contributed by atoms with Gasteiger partial charge in [-0.05, 0) is 11.6 Å². The molecule has 160 valence electrons. The molecule has 9 heteroatoms. The Labute approximate surface area is 189 Å². The summed E-state index contributed by atoms with van der Waals surface area (Å²) in [6.07, 6.45) is 1.73. The van der Waals surface area contributed by atoms with Crippen molar-refractivity contribution in [1.82, 2.24) is 4.98 Å². The third kappa shape index (κ3) is 4.13. The van der Waals surface area contributed by atoms with E-state index < -0.39 is 20.0 Å². The number of anilines is 1. The van der Waals surface area contributed by atoms with Crippen LogP contribution >= 0.6 is 0 Å². The van der Waals surface area contributed by atoms with E-state index in [1.807, 2.05) is 36.4 Å². The van der Waals surface area contributed by atoms with E-state index in [9.17, 15) is 16.8 Å². The largest absolute Gasteiger partial charge is 0.247 e. The van der Waals surface area contributed by atoms with Gasteiger partial charge in [-0.1, -0.05) is 78.3 Å². The van der Waals surface area contributed by atoms with Crippen molar-refractivity contribution in [3.8, 4) is 22.4 Å². The Balaban J connectivity index is 2.31. The van der Waals surface area contributed by atoms with Crippen LogP contribution in [0.15, 0.2) is 78.9 Å². The zero-order valence-corrected chi connectivity index (χ0v) is 19.1. The van der Waals surface area contributed by atoms with Crippen LogP contribution in [0.4, 0.5) is 5.69 Å². The van der Waals surface area contributed by atoms with E-state index >= 15 is 0 Å². The van der Waals surface area contributed by atoms with Crippen molar-refractivity contribution in [3.05, 3.63) is 78.9 Å². The maximum absolute atomic E-state index is 12.8. The van der Waals surface area contributed by atoms with E-state index in [1.165, 1.54) is 0 Å². The summed E-state index contributed by atoms with van der Waals surface area (Å²) >= 11 is 0. The molecule has 0 amide bonds. The maximum Gasteiger partial charge on any atom is 0.245 e. The fourth-order valence-corrected chi connectivity index (χ4v) is 6.72. The monoisotopic (exact) mass is 462 g/mol. The summed E-state index contributed by atoms with van der Waals surface area (Å²) < 4.78 is 51.8. The lowest BCUT2D eigenvalue weighted by Gasteiger charge is -2.26. The van der Waals surface area contributed by atoms with Gasteiger partial charge in [0.05, 0.1) is 29.4 Å². The molecule has 2 radical (unpaired) electrons. The summed E-state index contributed by atoms with van der Waals surface area (Å²) in [5.41, 5.74) is 2.95. The molecule has 0 saturated carbocycles. The summed E-state index contributed by atoms with van der Waals surface area (Å²) in [7, 11) is -2.46. The molecule has 1 aromatic heterocycles. The van der Waals surface area contributed by atoms with Crippen LogP contribution in [0.5, 0.6) is 0 Å². The predicted molar refractivity (Wildman–Crippen MR) is 130 cm³/mol. The molecule has 0 unspecified atom stereocenters. The van der Waals surface area contributed by atoms with Crippen LogP contribution in [0, 0.1) is 0 Å². The highest BCUT2D eigenvalue weighted by Gasteiger charge is 2.33. The van der Waals surface area contributed by atoms with Gasteiger partial charge in [0.15, 0.2) is 0 Å². The molecule has 0 bridgehead atoms. The number of benzene rings is 3. The summed E-state index contributed by atoms with van der Waals surface area (Å²) in [6, 6.07) is 23.0. The minimum Gasteiger partial charge on any atom is -0.247 e. The van der Waals surface area contributed by atoms with E-state index in [-0.39, 0.29) is 5.69 Å². The standard InChI is InChI=1S/C23H19BN2O4S2/c1-31(27,28)26(32(2,29)30)23-19-15-18(24)13-14-20(19)25-22(17-11-7-4-8-12-17)21(23)16-9-5-3-6-10-16/h3-15H,1-2H3. The zero-order chi connectivity index (χ0) is 23.1. The van der Waals surface area contributed by atoms with E-state index in [2.05, 4.69) is 0 Å². The van der Waals surface area contributed by atoms with Gasteiger partial charge < -0.3 is 0 Å². The lowest BCUT2D eigenvalue weighted by Crippen LogP contribution is -2.36. The van der Waals surface area contributed by atoms with Gasteiger partial charge in [-0.2, -0.15) is 3.71 Å². The molecule has 0 aliphatic carbocycles. The lowest BCUT2D eigenvalue weighted by atomic mass is 9.91. The van der Waals surface area contributed by atoms with Crippen LogP contribution < -0.4 is 9.17 Å². The van der Waals surface area contributed by atoms with Gasteiger partial charge in [-0.25, -0.2) is 21.8 Å². The SMILES string of the molecule is [B]c1ccc2nc(-c3ccccc3)c(-c3ccccc3)c(N(S(C)(=O)=O)S(C)(=O)=O)c2c1. The summed E-state index contributed by atoms with van der Waals surface area (Å²) in [5.74, 6) is 0. The van der Waals surface area contributed by atoms with E-state index in [1.54, 1.807) is 42.5 Å². The van der Waals surface area contributed by atoms with Crippen molar-refractivity contribution >= 4 is 49.9 Å². The molecule has 0 aliphatic heterocycles. The molecule has 0 fully saturated rings. The third-order valence-electron chi connectivity index (χ3n) is 4.88. The number of rotatable bonds is 5. The fraction of sp³-hybridized carbons (Fsp3) is 0.0870. The summed E-state index contributed by atoms with van der Waals surface area (Å²) in [5, 5.41) is 0.319. The first-order valence-corrected chi connectivity index (χ1v) is 13.3. The van der Waals surface area contributed by atoms with Crippen molar-refractivity contribution in [2.75, 3.05) is 16.2 Å². The highest BCUT2D eigenvalue weighted by molar-refractivity contribution is 8.09. The number of fused-ring (bicyclic) bond motifs is 1. The van der Waals surface area contributed by atoms with Crippen LogP contribution in [0.2, 0.25) is 0 Å². The number of sulfonamides is 2. The normalized spacial score (nSPS) is 12.1. The van der Waals surface area contributed by atoms with E-state index in [0.29, 0.717) is 42.5 Å². The highest BCUT2D eigenvalue weighted by Crippen LogP contribution is 2.44. The third-order valence-corrected chi connectivity index (χ3v) is 8.07. The topological polar surface area (TPSA) is 84.4 Å². The van der Waals surface area contributed by atoms with Crippen LogP contribution in [-0.4, -0.2) is 42.2 Å². The maximum atomic E-state index is 12.8. The van der Waals surface area contributed by atoms with Gasteiger partial charge in [0, 0.05) is 16.5 Å². The van der Waals surface area contributed by atoms with Crippen molar-refractivity contribution in [2.24, 2.45) is 0 Å². The summed E-state index contributed by atoms with van der Waals surface area (Å²) in [4.78, 5) is 4.80. The van der Waals surface area contributed by atoms with Crippen LogP contribution in [-0.2, 0) is 20.0 Å². The van der Waals surface area contributed by atoms with Gasteiger partial charge in [0.25, 0.3) is 0 Å². The molecule has 0 saturated heterocycles. The first-order chi connectivity index (χ1) is 15.1. The fourth-order valence-electron chi connectivity index (χ4n) is 3.71. The molecule has 0 atom stereocenters. The average molecular weight is 462 g/mol. The Morgan fingerprint density at radius 2 is 1.28 bits per heavy atom. The molecule has 0 aliphatic rings. The second-order valence-electron chi connectivity index (χ2n) is 7.42. The second-order valence-corrected chi connectivity index (χ2v) is 11.3. The molecular formula is C23H19BN2O4S2. The van der Waals surface area contributed by atoms with Gasteiger partial charge >= 0.3 is 0 Å².